The third-order valence-corrected chi connectivity index (χ3v) is 4.82. The van der Waals surface area contributed by atoms with E-state index in [9.17, 15) is 10.1 Å². The molecule has 0 unspecified atom stereocenters. The van der Waals surface area contributed by atoms with E-state index in [4.69, 9.17) is 5.10 Å². The first-order valence-electron chi connectivity index (χ1n) is 8.21. The van der Waals surface area contributed by atoms with E-state index in [1.807, 2.05) is 17.0 Å². The molecule has 1 heterocycles. The summed E-state index contributed by atoms with van der Waals surface area (Å²) < 4.78 is 1.87. The second-order valence-corrected chi connectivity index (χ2v) is 7.00. The summed E-state index contributed by atoms with van der Waals surface area (Å²) in [4.78, 5) is 15.9. The van der Waals surface area contributed by atoms with Gasteiger partial charge in [0.15, 0.2) is 0 Å². The number of thiazole rings is 1. The topological polar surface area (TPSA) is 72.8 Å². The molecule has 0 bridgehead atoms. The van der Waals surface area contributed by atoms with Gasteiger partial charge in [0, 0.05) is 28.8 Å². The predicted octanol–water partition coefficient (Wildman–Crippen LogP) is 4.38. The van der Waals surface area contributed by atoms with Gasteiger partial charge in [-0.05, 0) is 44.7 Å². The first-order valence-corrected chi connectivity index (χ1v) is 9.09. The quantitative estimate of drug-likeness (QED) is 0.453. The van der Waals surface area contributed by atoms with Gasteiger partial charge in [-0.1, -0.05) is 12.2 Å². The number of aromatic nitrogens is 1. The molecule has 0 atom stereocenters. The summed E-state index contributed by atoms with van der Waals surface area (Å²) in [7, 11) is 0. The molecule has 3 rings (SSSR count). The van der Waals surface area contributed by atoms with Crippen LogP contribution >= 0.6 is 11.3 Å². The molecular weight excluding hydrogens is 336 g/mol. The summed E-state index contributed by atoms with van der Waals surface area (Å²) in [5, 5.41) is 17.7. The van der Waals surface area contributed by atoms with E-state index in [0.717, 1.165) is 34.5 Å². The molecule has 1 saturated carbocycles. The van der Waals surface area contributed by atoms with E-state index in [1.165, 1.54) is 42.0 Å². The highest BCUT2D eigenvalue weighted by Gasteiger charge is 2.13. The minimum Gasteiger partial charge on any atom is -0.258 e. The minimum atomic E-state index is -0.391. The lowest BCUT2D eigenvalue weighted by molar-refractivity contribution is -0.384. The fraction of sp³-hybridized carbons (Fsp3) is 0.333. The second kappa shape index (κ2) is 7.57. The zero-order valence-electron chi connectivity index (χ0n) is 14.1. The number of non-ortho nitro benzene ring substituents is 1. The summed E-state index contributed by atoms with van der Waals surface area (Å²) in [5.74, 6) is 0. The zero-order valence-corrected chi connectivity index (χ0v) is 15.0. The Morgan fingerprint density at radius 1 is 1.32 bits per heavy atom. The van der Waals surface area contributed by atoms with Crippen LogP contribution < -0.4 is 4.80 Å². The number of nitrogens with zero attached hydrogens (tertiary/aromatic N) is 4. The van der Waals surface area contributed by atoms with Gasteiger partial charge >= 0.3 is 0 Å². The Balaban J connectivity index is 2.06. The lowest BCUT2D eigenvalue weighted by atomic mass is 10.1. The van der Waals surface area contributed by atoms with Crippen LogP contribution in [-0.4, -0.2) is 21.9 Å². The second-order valence-electron chi connectivity index (χ2n) is 6.17. The molecule has 0 radical (unpaired) electrons. The van der Waals surface area contributed by atoms with Gasteiger partial charge in [0.25, 0.3) is 5.69 Å². The third-order valence-electron chi connectivity index (χ3n) is 3.97. The van der Waals surface area contributed by atoms with Crippen molar-refractivity contribution in [1.82, 2.24) is 4.68 Å². The van der Waals surface area contributed by atoms with Crippen molar-refractivity contribution in [2.45, 2.75) is 32.6 Å². The van der Waals surface area contributed by atoms with Crippen LogP contribution in [0.25, 0.3) is 11.3 Å². The highest BCUT2D eigenvalue weighted by molar-refractivity contribution is 7.07. The van der Waals surface area contributed by atoms with Gasteiger partial charge in [-0.15, -0.1) is 11.3 Å². The van der Waals surface area contributed by atoms with Crippen molar-refractivity contribution in [3.8, 4) is 11.3 Å². The number of rotatable bonds is 5. The Hall–Kier alpha value is -2.54. The van der Waals surface area contributed by atoms with Crippen LogP contribution in [0.2, 0.25) is 0 Å². The minimum absolute atomic E-state index is 0.0832. The maximum Gasteiger partial charge on any atom is 0.269 e. The summed E-state index contributed by atoms with van der Waals surface area (Å²) in [5.41, 5.74) is 4.05. The average molecular weight is 356 g/mol. The molecule has 6 nitrogen and oxygen atoms in total. The SMILES string of the molecule is C=C(C)CN=c1scc(-c2ccc([N+](=O)[O-])cc2)n1N=C1CCCC1. The van der Waals surface area contributed by atoms with Crippen molar-refractivity contribution in [2.75, 3.05) is 6.54 Å². The lowest BCUT2D eigenvalue weighted by Gasteiger charge is -2.05. The standard InChI is InChI=1S/C18H20N4O2S/c1-13(2)11-19-18-21(20-15-5-3-4-6-15)17(12-25-18)14-7-9-16(10-8-14)22(23)24/h7-10,12H,1,3-6,11H2,2H3. The van der Waals surface area contributed by atoms with E-state index in [2.05, 4.69) is 11.6 Å². The van der Waals surface area contributed by atoms with Crippen LogP contribution in [0.5, 0.6) is 0 Å². The summed E-state index contributed by atoms with van der Waals surface area (Å²) in [6.07, 6.45) is 4.38. The largest absolute Gasteiger partial charge is 0.269 e. The molecule has 1 aromatic heterocycles. The van der Waals surface area contributed by atoms with Gasteiger partial charge in [0.2, 0.25) is 4.80 Å². The van der Waals surface area contributed by atoms with Crippen LogP contribution in [0.3, 0.4) is 0 Å². The summed E-state index contributed by atoms with van der Waals surface area (Å²) in [6.45, 7) is 6.40. The van der Waals surface area contributed by atoms with Crippen molar-refractivity contribution in [3.63, 3.8) is 0 Å². The summed E-state index contributed by atoms with van der Waals surface area (Å²) >= 11 is 1.52. The van der Waals surface area contributed by atoms with Crippen LogP contribution in [0, 0.1) is 10.1 Å². The Kier molecular flexibility index (Phi) is 5.23. The first-order chi connectivity index (χ1) is 12.0. The third kappa shape index (κ3) is 4.11. The molecule has 0 N–H and O–H groups in total. The van der Waals surface area contributed by atoms with Crippen LogP contribution in [0.15, 0.2) is 51.9 Å². The fourth-order valence-corrected chi connectivity index (χ4v) is 3.51. The number of nitro benzene ring substituents is 1. The van der Waals surface area contributed by atoms with Gasteiger partial charge in [-0.25, -0.2) is 4.68 Å². The van der Waals surface area contributed by atoms with E-state index in [-0.39, 0.29) is 5.69 Å². The van der Waals surface area contributed by atoms with Gasteiger partial charge < -0.3 is 0 Å². The number of nitro groups is 1. The smallest absolute Gasteiger partial charge is 0.258 e. The van der Waals surface area contributed by atoms with Crippen LogP contribution in [-0.2, 0) is 0 Å². The molecule has 25 heavy (non-hydrogen) atoms. The van der Waals surface area contributed by atoms with E-state index < -0.39 is 4.92 Å². The Labute approximate surface area is 150 Å². The lowest BCUT2D eigenvalue weighted by Crippen LogP contribution is -2.14. The summed E-state index contributed by atoms with van der Waals surface area (Å²) in [6, 6.07) is 6.55. The maximum atomic E-state index is 10.9. The van der Waals surface area contributed by atoms with E-state index in [0.29, 0.717) is 6.54 Å². The van der Waals surface area contributed by atoms with E-state index in [1.54, 1.807) is 12.1 Å². The van der Waals surface area contributed by atoms with Gasteiger partial charge in [0.1, 0.15) is 0 Å². The molecule has 0 spiro atoms. The normalized spacial score (nSPS) is 14.8. The van der Waals surface area contributed by atoms with Gasteiger partial charge in [0.05, 0.1) is 17.2 Å². The molecule has 0 aliphatic heterocycles. The van der Waals surface area contributed by atoms with Crippen molar-refractivity contribution in [2.24, 2.45) is 10.1 Å². The Morgan fingerprint density at radius 3 is 2.60 bits per heavy atom. The zero-order chi connectivity index (χ0) is 17.8. The van der Waals surface area contributed by atoms with Gasteiger partial charge in [-0.2, -0.15) is 5.10 Å². The van der Waals surface area contributed by atoms with Crippen LogP contribution in [0.1, 0.15) is 32.6 Å². The number of hydrogen-bond acceptors (Lipinski definition) is 5. The molecule has 1 aromatic carbocycles. The van der Waals surface area contributed by atoms with Gasteiger partial charge in [-0.3, -0.25) is 15.1 Å². The molecule has 1 aliphatic rings. The first kappa shape index (κ1) is 17.3. The number of hydrogen-bond donors (Lipinski definition) is 0. The maximum absolute atomic E-state index is 10.9. The highest BCUT2D eigenvalue weighted by Crippen LogP contribution is 2.24. The monoisotopic (exact) mass is 356 g/mol. The Bertz CT molecular complexity index is 883. The molecule has 0 amide bonds. The van der Waals surface area contributed by atoms with Crippen molar-refractivity contribution >= 4 is 22.7 Å². The predicted molar refractivity (Wildman–Crippen MR) is 101 cm³/mol. The molecular formula is C18H20N4O2S. The Morgan fingerprint density at radius 2 is 2.00 bits per heavy atom. The van der Waals surface area contributed by atoms with Crippen molar-refractivity contribution in [3.05, 3.63) is 56.7 Å². The van der Waals surface area contributed by atoms with Crippen molar-refractivity contribution < 1.29 is 4.92 Å². The average Bonchev–Trinajstić information content (AvgIpc) is 3.23. The highest BCUT2D eigenvalue weighted by atomic mass is 32.1. The molecule has 0 saturated heterocycles. The number of benzene rings is 1. The fourth-order valence-electron chi connectivity index (χ4n) is 2.68. The molecule has 1 fully saturated rings. The molecule has 7 heteroatoms. The molecule has 2 aromatic rings. The van der Waals surface area contributed by atoms with Crippen molar-refractivity contribution in [1.29, 1.82) is 0 Å². The van der Waals surface area contributed by atoms with Crippen LogP contribution in [0.4, 0.5) is 5.69 Å². The molecule has 1 aliphatic carbocycles. The van der Waals surface area contributed by atoms with E-state index >= 15 is 0 Å². The molecule has 130 valence electrons.